The molecule has 1 saturated heterocycles. The quantitative estimate of drug-likeness (QED) is 0.612. The lowest BCUT2D eigenvalue weighted by Gasteiger charge is -2.21. The molecule has 0 bridgehead atoms. The molecular formula is C12H18N2O6. The zero-order chi connectivity index (χ0) is 14.7. The van der Waals surface area contributed by atoms with Crippen LogP contribution >= 0.6 is 0 Å². The maximum atomic E-state index is 11.8. The molecule has 20 heavy (non-hydrogen) atoms. The van der Waals surface area contributed by atoms with Gasteiger partial charge in [-0.3, -0.25) is 14.3 Å². The molecule has 1 aliphatic rings. The summed E-state index contributed by atoms with van der Waals surface area (Å²) in [5.74, 6) is 0. The van der Waals surface area contributed by atoms with E-state index in [9.17, 15) is 19.8 Å². The Bertz CT molecular complexity index is 553. The first-order chi connectivity index (χ1) is 9.58. The first-order valence-electron chi connectivity index (χ1n) is 6.46. The lowest BCUT2D eigenvalue weighted by Crippen LogP contribution is -2.39. The molecule has 0 saturated carbocycles. The summed E-state index contributed by atoms with van der Waals surface area (Å²) in [5, 5.41) is 19.2. The molecule has 1 aliphatic heterocycles. The van der Waals surface area contributed by atoms with E-state index in [0.29, 0.717) is 6.61 Å². The predicted molar refractivity (Wildman–Crippen MR) is 68.4 cm³/mol. The van der Waals surface area contributed by atoms with Gasteiger partial charge in [-0.25, -0.2) is 4.79 Å². The van der Waals surface area contributed by atoms with Crippen molar-refractivity contribution in [2.45, 2.75) is 37.9 Å². The van der Waals surface area contributed by atoms with Crippen molar-refractivity contribution in [1.82, 2.24) is 9.55 Å². The van der Waals surface area contributed by atoms with E-state index in [4.69, 9.17) is 9.47 Å². The highest BCUT2D eigenvalue weighted by atomic mass is 16.6. The first kappa shape index (κ1) is 14.9. The molecule has 0 radical (unpaired) electrons. The molecule has 1 aromatic rings. The molecule has 112 valence electrons. The normalized spacial score (nSPS) is 29.8. The molecule has 0 amide bonds. The van der Waals surface area contributed by atoms with E-state index in [2.05, 4.69) is 4.98 Å². The summed E-state index contributed by atoms with van der Waals surface area (Å²) in [7, 11) is 0. The van der Waals surface area contributed by atoms with Crippen LogP contribution in [0.1, 0.15) is 19.6 Å². The molecule has 8 nitrogen and oxygen atoms in total. The molecule has 1 fully saturated rings. The monoisotopic (exact) mass is 286 g/mol. The molecule has 0 aliphatic carbocycles. The lowest BCUT2D eigenvalue weighted by atomic mass is 10.1. The highest BCUT2D eigenvalue weighted by Gasteiger charge is 2.45. The molecule has 4 atom stereocenters. The Kier molecular flexibility index (Phi) is 4.71. The van der Waals surface area contributed by atoms with Gasteiger partial charge in [-0.2, -0.15) is 0 Å². The van der Waals surface area contributed by atoms with Crippen LogP contribution in [0.15, 0.2) is 21.9 Å². The minimum atomic E-state index is -1.05. The third-order valence-electron chi connectivity index (χ3n) is 3.13. The minimum absolute atomic E-state index is 0.387. The van der Waals surface area contributed by atoms with Crippen molar-refractivity contribution >= 4 is 0 Å². The number of aromatic nitrogens is 2. The molecule has 1 unspecified atom stereocenters. The standard InChI is InChI=1S/C12H18N2O6/c1-2-5-19-10-9(17)7(6-15)20-11(10)14-4-3-8(16)13-12(14)18/h3-4,7,9-11,15,17H,2,5-6H2,1H3,(H,13,16,18)/t7-,9?,10+,11-/m1/s1. The molecule has 2 rings (SSSR count). The van der Waals surface area contributed by atoms with E-state index in [1.165, 1.54) is 12.3 Å². The second-order valence-corrected chi connectivity index (χ2v) is 4.59. The van der Waals surface area contributed by atoms with Crippen LogP contribution in [0, 0.1) is 0 Å². The molecular weight excluding hydrogens is 268 g/mol. The summed E-state index contributed by atoms with van der Waals surface area (Å²) in [6.45, 7) is 1.91. The van der Waals surface area contributed by atoms with Crippen LogP contribution in [-0.4, -0.2) is 51.3 Å². The molecule has 1 aromatic heterocycles. The van der Waals surface area contributed by atoms with Crippen molar-refractivity contribution in [2.75, 3.05) is 13.2 Å². The number of aromatic amines is 1. The number of H-pyrrole nitrogens is 1. The van der Waals surface area contributed by atoms with Gasteiger partial charge in [0.1, 0.15) is 18.3 Å². The molecule has 8 heteroatoms. The number of nitrogens with zero attached hydrogens (tertiary/aromatic N) is 1. The molecule has 2 heterocycles. The fraction of sp³-hybridized carbons (Fsp3) is 0.667. The minimum Gasteiger partial charge on any atom is -0.394 e. The second-order valence-electron chi connectivity index (χ2n) is 4.59. The van der Waals surface area contributed by atoms with Crippen molar-refractivity contribution in [3.63, 3.8) is 0 Å². The average Bonchev–Trinajstić information content (AvgIpc) is 2.73. The Hall–Kier alpha value is -1.48. The number of aliphatic hydroxyl groups excluding tert-OH is 2. The zero-order valence-corrected chi connectivity index (χ0v) is 11.1. The van der Waals surface area contributed by atoms with Gasteiger partial charge < -0.3 is 19.7 Å². The van der Waals surface area contributed by atoms with Gasteiger partial charge in [0.05, 0.1) is 6.61 Å². The fourth-order valence-electron chi connectivity index (χ4n) is 2.15. The van der Waals surface area contributed by atoms with Crippen LogP contribution in [0.3, 0.4) is 0 Å². The SMILES string of the molecule is CCCO[C@H]1C(O)[C@@H](CO)O[C@H]1n1ccc(=O)[nH]c1=O. The van der Waals surface area contributed by atoms with Gasteiger partial charge in [0.25, 0.3) is 5.56 Å². The highest BCUT2D eigenvalue weighted by molar-refractivity contribution is 4.93. The highest BCUT2D eigenvalue weighted by Crippen LogP contribution is 2.30. The maximum absolute atomic E-state index is 11.8. The van der Waals surface area contributed by atoms with Gasteiger partial charge in [0, 0.05) is 18.9 Å². The summed E-state index contributed by atoms with van der Waals surface area (Å²) in [5.41, 5.74) is -1.17. The van der Waals surface area contributed by atoms with Crippen LogP contribution in [0.4, 0.5) is 0 Å². The van der Waals surface area contributed by atoms with Crippen LogP contribution in [0.5, 0.6) is 0 Å². The van der Waals surface area contributed by atoms with E-state index in [1.807, 2.05) is 6.92 Å². The fourth-order valence-corrected chi connectivity index (χ4v) is 2.15. The van der Waals surface area contributed by atoms with Gasteiger partial charge in [-0.1, -0.05) is 6.92 Å². The summed E-state index contributed by atoms with van der Waals surface area (Å²) in [6.07, 6.45) is -1.54. The van der Waals surface area contributed by atoms with Crippen LogP contribution in [0.25, 0.3) is 0 Å². The Labute approximate surface area is 114 Å². The van der Waals surface area contributed by atoms with Crippen molar-refractivity contribution in [3.8, 4) is 0 Å². The third kappa shape index (κ3) is 2.83. The average molecular weight is 286 g/mol. The molecule has 3 N–H and O–H groups in total. The Balaban J connectivity index is 2.31. The van der Waals surface area contributed by atoms with E-state index in [1.54, 1.807) is 0 Å². The number of aliphatic hydroxyl groups is 2. The molecule has 0 spiro atoms. The number of nitrogens with one attached hydrogen (secondary N) is 1. The smallest absolute Gasteiger partial charge is 0.330 e. The predicted octanol–water partition coefficient (Wildman–Crippen LogP) is -1.42. The van der Waals surface area contributed by atoms with E-state index in [-0.39, 0.29) is 6.61 Å². The number of rotatable bonds is 5. The number of ether oxygens (including phenoxy) is 2. The van der Waals surface area contributed by atoms with Crippen molar-refractivity contribution < 1.29 is 19.7 Å². The van der Waals surface area contributed by atoms with Gasteiger partial charge in [-0.05, 0) is 6.42 Å². The van der Waals surface area contributed by atoms with Gasteiger partial charge in [-0.15, -0.1) is 0 Å². The van der Waals surface area contributed by atoms with E-state index >= 15 is 0 Å². The largest absolute Gasteiger partial charge is 0.394 e. The second kappa shape index (κ2) is 6.31. The van der Waals surface area contributed by atoms with Gasteiger partial charge >= 0.3 is 5.69 Å². The van der Waals surface area contributed by atoms with Gasteiger partial charge in [0.15, 0.2) is 6.23 Å². The third-order valence-corrected chi connectivity index (χ3v) is 3.13. The zero-order valence-electron chi connectivity index (χ0n) is 11.1. The Morgan fingerprint density at radius 2 is 2.25 bits per heavy atom. The van der Waals surface area contributed by atoms with Crippen molar-refractivity contribution in [3.05, 3.63) is 33.1 Å². The lowest BCUT2D eigenvalue weighted by molar-refractivity contribution is -0.0742. The Morgan fingerprint density at radius 3 is 2.85 bits per heavy atom. The molecule has 0 aromatic carbocycles. The van der Waals surface area contributed by atoms with Gasteiger partial charge in [0.2, 0.25) is 0 Å². The topological polar surface area (TPSA) is 114 Å². The van der Waals surface area contributed by atoms with E-state index < -0.39 is 35.8 Å². The Morgan fingerprint density at radius 1 is 1.50 bits per heavy atom. The summed E-state index contributed by atoms with van der Waals surface area (Å²) >= 11 is 0. The van der Waals surface area contributed by atoms with Crippen molar-refractivity contribution in [1.29, 1.82) is 0 Å². The summed E-state index contributed by atoms with van der Waals surface area (Å²) in [6, 6.07) is 1.18. The summed E-state index contributed by atoms with van der Waals surface area (Å²) in [4.78, 5) is 25.0. The van der Waals surface area contributed by atoms with Crippen molar-refractivity contribution in [2.24, 2.45) is 0 Å². The van der Waals surface area contributed by atoms with E-state index in [0.717, 1.165) is 11.0 Å². The number of hydrogen-bond donors (Lipinski definition) is 3. The first-order valence-corrected chi connectivity index (χ1v) is 6.46. The maximum Gasteiger partial charge on any atom is 0.330 e. The van der Waals surface area contributed by atoms with Crippen LogP contribution in [0.2, 0.25) is 0 Å². The number of hydrogen-bond acceptors (Lipinski definition) is 6. The van der Waals surface area contributed by atoms with Crippen LogP contribution < -0.4 is 11.2 Å². The summed E-state index contributed by atoms with van der Waals surface area (Å²) < 4.78 is 12.1. The van der Waals surface area contributed by atoms with Crippen LogP contribution in [-0.2, 0) is 9.47 Å².